The lowest BCUT2D eigenvalue weighted by molar-refractivity contribution is -0.140. The van der Waals surface area contributed by atoms with Gasteiger partial charge in [0.15, 0.2) is 11.5 Å². The van der Waals surface area contributed by atoms with Crippen LogP contribution >= 0.6 is 23.2 Å². The third kappa shape index (κ3) is 7.79. The molecule has 4 heterocycles. The van der Waals surface area contributed by atoms with E-state index in [4.69, 9.17) is 36.8 Å². The number of carbonyl (C=O) groups is 4. The number of esters is 1. The van der Waals surface area contributed by atoms with Gasteiger partial charge in [0, 0.05) is 54.1 Å². The average Bonchev–Trinajstić information content (AvgIpc) is 3.85. The smallest absolute Gasteiger partial charge is 0.310 e. The number of benzene rings is 2. The fourth-order valence-corrected chi connectivity index (χ4v) is 6.08. The van der Waals surface area contributed by atoms with Crippen molar-refractivity contribution in [3.8, 4) is 0 Å². The fraction of sp³-hybridized carbons (Fsp3) is 0.243. The number of aromatic amines is 2. The van der Waals surface area contributed by atoms with Crippen LogP contribution in [0, 0.1) is 0 Å². The summed E-state index contributed by atoms with van der Waals surface area (Å²) in [5, 5.41) is 31.9. The Morgan fingerprint density at radius 1 is 0.706 bits per heavy atom. The number of ketones is 2. The first-order chi connectivity index (χ1) is 23.9. The molecular weight excluding hydrogens is 703 g/mol. The van der Waals surface area contributed by atoms with Gasteiger partial charge in [0.1, 0.15) is 0 Å². The Balaban J connectivity index is 0.000000198. The summed E-state index contributed by atoms with van der Waals surface area (Å²) in [4.78, 5) is 55.1. The summed E-state index contributed by atoms with van der Waals surface area (Å²) in [7, 11) is 1.29. The van der Waals surface area contributed by atoms with Crippen LogP contribution in [0.5, 0.6) is 0 Å². The van der Waals surface area contributed by atoms with Crippen LogP contribution in [-0.4, -0.2) is 55.9 Å². The second-order valence-corrected chi connectivity index (χ2v) is 13.6. The molecule has 0 unspecified atom stereocenters. The number of aliphatic carboxylic acids is 1. The summed E-state index contributed by atoms with van der Waals surface area (Å²) in [5.74, 6) is -2.54. The summed E-state index contributed by atoms with van der Waals surface area (Å²) in [6.07, 6.45) is 2.25. The van der Waals surface area contributed by atoms with Crippen LogP contribution in [-0.2, 0) is 38.4 Å². The molecule has 0 aliphatic rings. The predicted molar refractivity (Wildman–Crippen MR) is 188 cm³/mol. The molecule has 0 amide bonds. The number of hydrogen-bond acceptors (Lipinski definition) is 9. The van der Waals surface area contributed by atoms with Crippen LogP contribution in [0.15, 0.2) is 69.9 Å². The highest BCUT2D eigenvalue weighted by atomic mass is 35.5. The van der Waals surface area contributed by atoms with Gasteiger partial charge in [0.25, 0.3) is 0 Å². The van der Waals surface area contributed by atoms with Crippen molar-refractivity contribution in [2.45, 2.75) is 51.7 Å². The van der Waals surface area contributed by atoms with Crippen molar-refractivity contribution in [1.29, 1.82) is 0 Å². The largest absolute Gasteiger partial charge is 0.481 e. The molecule has 0 spiro atoms. The van der Waals surface area contributed by atoms with Gasteiger partial charge in [-0.2, -0.15) is 0 Å². The minimum absolute atomic E-state index is 0.0151. The lowest BCUT2D eigenvalue weighted by Crippen LogP contribution is -2.19. The van der Waals surface area contributed by atoms with E-state index in [1.807, 2.05) is 0 Å². The lowest BCUT2D eigenvalue weighted by atomic mass is 9.95. The van der Waals surface area contributed by atoms with Crippen LogP contribution < -0.4 is 0 Å². The van der Waals surface area contributed by atoms with E-state index in [0.717, 1.165) is 0 Å². The number of rotatable bonds is 10. The van der Waals surface area contributed by atoms with Gasteiger partial charge in [0.2, 0.25) is 11.6 Å². The van der Waals surface area contributed by atoms with E-state index in [0.29, 0.717) is 54.1 Å². The molecule has 14 heteroatoms. The van der Waals surface area contributed by atoms with Crippen LogP contribution in [0.25, 0.3) is 21.8 Å². The molecule has 12 nitrogen and oxygen atoms in total. The molecule has 6 aromatic rings. The van der Waals surface area contributed by atoms with Crippen molar-refractivity contribution in [3.63, 3.8) is 0 Å². The Morgan fingerprint density at radius 3 is 1.49 bits per heavy atom. The maximum atomic E-state index is 13.1. The number of carboxylic acids is 1. The number of ether oxygens (including phenoxy) is 1. The van der Waals surface area contributed by atoms with Crippen molar-refractivity contribution in [2.75, 3.05) is 7.11 Å². The number of halogens is 2. The second kappa shape index (κ2) is 14.2. The molecule has 0 fully saturated rings. The van der Waals surface area contributed by atoms with Gasteiger partial charge in [-0.15, -0.1) is 0 Å². The van der Waals surface area contributed by atoms with E-state index >= 15 is 0 Å². The Morgan fingerprint density at radius 2 is 1.12 bits per heavy atom. The Kier molecular flexibility index (Phi) is 10.4. The number of carbonyl (C=O) groups excluding carboxylic acids is 3. The van der Waals surface area contributed by atoms with E-state index in [-0.39, 0.29) is 35.7 Å². The van der Waals surface area contributed by atoms with E-state index in [2.05, 4.69) is 9.97 Å². The second-order valence-electron chi connectivity index (χ2n) is 12.8. The Hall–Kier alpha value is -5.14. The van der Waals surface area contributed by atoms with Crippen LogP contribution in [0.1, 0.15) is 82.4 Å². The van der Waals surface area contributed by atoms with E-state index in [9.17, 15) is 34.5 Å². The van der Waals surface area contributed by atoms with Gasteiger partial charge >= 0.3 is 11.9 Å². The number of furan rings is 2. The molecule has 6 rings (SSSR count). The van der Waals surface area contributed by atoms with Gasteiger partial charge in [-0.25, -0.2) is 0 Å². The van der Waals surface area contributed by atoms with Gasteiger partial charge in [-0.3, -0.25) is 19.2 Å². The zero-order valence-corrected chi connectivity index (χ0v) is 29.7. The number of fused-ring (bicyclic) bond motifs is 2. The maximum Gasteiger partial charge on any atom is 0.310 e. The zero-order chi connectivity index (χ0) is 37.4. The van der Waals surface area contributed by atoms with Crippen LogP contribution in [0.3, 0.4) is 0 Å². The van der Waals surface area contributed by atoms with Crippen molar-refractivity contribution in [1.82, 2.24) is 9.97 Å². The van der Waals surface area contributed by atoms with Gasteiger partial charge in [-0.05, 0) is 64.1 Å². The zero-order valence-electron chi connectivity index (χ0n) is 28.1. The number of nitrogens with one attached hydrogen (secondary N) is 2. The summed E-state index contributed by atoms with van der Waals surface area (Å²) in [5.41, 5.74) is 0.496. The number of H-pyrrole nitrogens is 2. The molecule has 51 heavy (non-hydrogen) atoms. The Bertz CT molecular complexity index is 2290. The van der Waals surface area contributed by atoms with Crippen molar-refractivity contribution < 1.29 is 48.1 Å². The molecule has 4 aromatic heterocycles. The molecule has 0 aliphatic heterocycles. The number of carboxylic acid groups (broad SMARTS) is 1. The minimum Gasteiger partial charge on any atom is -0.481 e. The van der Waals surface area contributed by atoms with E-state index in [1.54, 1.807) is 56.3 Å². The molecule has 0 aliphatic carbocycles. The van der Waals surface area contributed by atoms with Gasteiger partial charge < -0.3 is 38.9 Å². The monoisotopic (exact) mass is 736 g/mol. The molecule has 5 N–H and O–H groups in total. The number of methoxy groups -OCH3 is 1. The molecule has 266 valence electrons. The van der Waals surface area contributed by atoms with E-state index in [1.165, 1.54) is 39.5 Å². The summed E-state index contributed by atoms with van der Waals surface area (Å²) < 4.78 is 15.4. The lowest BCUT2D eigenvalue weighted by Gasteiger charge is -2.16. The minimum atomic E-state index is -1.28. The first-order valence-electron chi connectivity index (χ1n) is 15.5. The third-order valence-corrected chi connectivity index (χ3v) is 8.60. The molecule has 0 bridgehead atoms. The van der Waals surface area contributed by atoms with Gasteiger partial charge in [-0.1, -0.05) is 35.3 Å². The summed E-state index contributed by atoms with van der Waals surface area (Å²) in [6, 6.07) is 13.1. The quantitative estimate of drug-likeness (QED) is 0.0715. The average molecular weight is 738 g/mol. The summed E-state index contributed by atoms with van der Waals surface area (Å²) in [6.45, 7) is 6.21. The molecule has 0 saturated carbocycles. The SMILES string of the molecule is CC(C)(O)c1ccoc1C(=O)c1[nH]c2cc(Cl)ccc2c1CC(=O)O.COC(=O)Cc1c(C(=O)c2occc2C(C)(C)O)[nH]c2cc(Cl)ccc12. The number of hydrogen-bond donors (Lipinski definition) is 5. The highest BCUT2D eigenvalue weighted by Crippen LogP contribution is 2.33. The first-order valence-corrected chi connectivity index (χ1v) is 16.2. The fourth-order valence-electron chi connectivity index (χ4n) is 5.74. The van der Waals surface area contributed by atoms with Crippen LogP contribution in [0.2, 0.25) is 10.0 Å². The molecular formula is C37H34Cl2N2O10. The molecule has 2 aromatic carbocycles. The predicted octanol–water partition coefficient (Wildman–Crippen LogP) is 7.09. The number of aromatic nitrogens is 2. The van der Waals surface area contributed by atoms with Gasteiger partial charge in [0.05, 0.1) is 55.1 Å². The Labute approximate surface area is 300 Å². The van der Waals surface area contributed by atoms with Crippen molar-refractivity contribution in [2.24, 2.45) is 0 Å². The standard InChI is InChI=1S/C19H18ClNO5.C18H16ClNO5/c1-19(2,24)13-6-7-26-18(13)17(23)16-12(9-15(22)25-3)11-5-4-10(20)8-14(11)21-16;1-18(2,24)12-5-6-25-17(12)16(23)15-11(8-14(21)22)10-4-3-9(19)7-13(10)20-15/h4-8,21,24H,9H2,1-3H3;3-7,20,24H,8H2,1-2H3,(H,21,22). The van der Waals surface area contributed by atoms with Crippen LogP contribution in [0.4, 0.5) is 0 Å². The number of aliphatic hydroxyl groups is 2. The molecule has 0 saturated heterocycles. The summed E-state index contributed by atoms with van der Waals surface area (Å²) >= 11 is 12.0. The van der Waals surface area contributed by atoms with E-state index < -0.39 is 34.7 Å². The maximum absolute atomic E-state index is 13.1. The third-order valence-electron chi connectivity index (χ3n) is 8.13. The molecule has 0 atom stereocenters. The first kappa shape index (κ1) is 37.1. The van der Waals surface area contributed by atoms with Crippen molar-refractivity contribution in [3.05, 3.63) is 116 Å². The van der Waals surface area contributed by atoms with Crippen molar-refractivity contribution >= 4 is 68.5 Å². The highest BCUT2D eigenvalue weighted by molar-refractivity contribution is 6.31. The topological polar surface area (TPSA) is 196 Å². The molecule has 0 radical (unpaired) electrons. The normalized spacial score (nSPS) is 11.8. The highest BCUT2D eigenvalue weighted by Gasteiger charge is 2.32.